The van der Waals surface area contributed by atoms with Crippen molar-refractivity contribution < 1.29 is 23.8 Å². The number of rotatable bonds is 42. The number of hydrogen-bond donors (Lipinski definition) is 0. The average Bonchev–Trinajstić information content (AvgIpc) is 3.22. The maximum Gasteiger partial charge on any atom is 0.306 e. The predicted octanol–water partition coefficient (Wildman–Crippen LogP) is 15.9. The van der Waals surface area contributed by atoms with Crippen molar-refractivity contribution in [2.24, 2.45) is 0 Å². The molecule has 0 saturated carbocycles. The molecule has 0 saturated heterocycles. The second-order valence-electron chi connectivity index (χ2n) is 15.3. The fourth-order valence-corrected chi connectivity index (χ4v) is 6.16. The zero-order chi connectivity index (χ0) is 42.1. The van der Waals surface area contributed by atoms with Crippen molar-refractivity contribution in [3.05, 3.63) is 97.2 Å². The molecule has 0 aliphatic heterocycles. The van der Waals surface area contributed by atoms with E-state index in [9.17, 15) is 9.59 Å². The van der Waals surface area contributed by atoms with Crippen LogP contribution in [0.5, 0.6) is 0 Å². The Hall–Kier alpha value is -3.18. The highest BCUT2D eigenvalue weighted by atomic mass is 16.6. The molecule has 5 nitrogen and oxygen atoms in total. The number of unbranched alkanes of at least 4 members (excludes halogenated alkanes) is 15. The fraction of sp³-hybridized carbons (Fsp3) is 0.660. The van der Waals surface area contributed by atoms with Crippen LogP contribution in [0.15, 0.2) is 97.2 Å². The molecule has 0 bridgehead atoms. The lowest BCUT2D eigenvalue weighted by atomic mass is 10.1. The van der Waals surface area contributed by atoms with Gasteiger partial charge in [0, 0.05) is 19.4 Å². The van der Waals surface area contributed by atoms with Crippen molar-refractivity contribution in [1.82, 2.24) is 0 Å². The van der Waals surface area contributed by atoms with E-state index >= 15 is 0 Å². The third-order valence-corrected chi connectivity index (χ3v) is 9.63. The van der Waals surface area contributed by atoms with Gasteiger partial charge in [-0.05, 0) is 83.5 Å². The topological polar surface area (TPSA) is 61.8 Å². The summed E-state index contributed by atoms with van der Waals surface area (Å²) in [6, 6.07) is 0. The van der Waals surface area contributed by atoms with Crippen LogP contribution in [0.4, 0.5) is 0 Å². The molecule has 0 aliphatic rings. The molecule has 58 heavy (non-hydrogen) atoms. The minimum atomic E-state index is -0.572. The monoisotopic (exact) mass is 805 g/mol. The summed E-state index contributed by atoms with van der Waals surface area (Å²) in [5.74, 6) is -0.504. The molecule has 0 amide bonds. The molecule has 0 aliphatic carbocycles. The maximum atomic E-state index is 12.7. The molecule has 1 unspecified atom stereocenters. The molecule has 0 aromatic carbocycles. The largest absolute Gasteiger partial charge is 0.462 e. The Morgan fingerprint density at radius 2 is 0.810 bits per heavy atom. The van der Waals surface area contributed by atoms with Crippen LogP contribution in [-0.4, -0.2) is 37.9 Å². The van der Waals surface area contributed by atoms with Crippen LogP contribution in [0.3, 0.4) is 0 Å². The molecule has 5 heteroatoms. The van der Waals surface area contributed by atoms with Crippen LogP contribution in [0.1, 0.15) is 201 Å². The summed E-state index contributed by atoms with van der Waals surface area (Å²) in [6.07, 6.45) is 64.3. The van der Waals surface area contributed by atoms with Gasteiger partial charge in [-0.15, -0.1) is 0 Å². The van der Waals surface area contributed by atoms with Crippen molar-refractivity contribution in [3.63, 3.8) is 0 Å². The second-order valence-corrected chi connectivity index (χ2v) is 15.3. The third kappa shape index (κ3) is 45.5. The first-order chi connectivity index (χ1) is 28.6. The number of allylic oxidation sites excluding steroid dienone is 16. The lowest BCUT2D eigenvalue weighted by Crippen LogP contribution is -2.30. The molecule has 0 fully saturated rings. The lowest BCUT2D eigenvalue weighted by Gasteiger charge is -2.18. The van der Waals surface area contributed by atoms with Gasteiger partial charge in [0.1, 0.15) is 6.61 Å². The van der Waals surface area contributed by atoms with Gasteiger partial charge >= 0.3 is 11.9 Å². The van der Waals surface area contributed by atoms with Gasteiger partial charge in [0.2, 0.25) is 0 Å². The highest BCUT2D eigenvalue weighted by Crippen LogP contribution is 2.13. The quantitative estimate of drug-likeness (QED) is 0.0349. The molecule has 0 spiro atoms. The standard InChI is InChI=1S/C53H88O5/c1-4-7-10-13-16-19-21-23-24-25-26-27-28-29-31-33-36-39-42-45-48-56-49-51(58-53(55)47-44-41-38-34-18-15-12-9-6-3)50-57-52(54)46-43-40-37-35-32-30-22-20-17-14-11-8-5-2/h7-8,10-11,16-17,19-20,23-24,26-27,30,32,37,40,51H,4-6,9,12-15,18,21-22,25,28-29,31,33-36,38-39,41-50H2,1-3H3/b10-7-,11-8-,19-16-,20-17-,24-23-,27-26-,32-30-,40-37-. The predicted molar refractivity (Wildman–Crippen MR) is 251 cm³/mol. The Kier molecular flexibility index (Phi) is 45.5. The normalized spacial score (nSPS) is 13.1. The van der Waals surface area contributed by atoms with E-state index < -0.39 is 6.10 Å². The van der Waals surface area contributed by atoms with E-state index in [0.717, 1.165) is 89.9 Å². The molecule has 0 rings (SSSR count). The highest BCUT2D eigenvalue weighted by Gasteiger charge is 2.17. The van der Waals surface area contributed by atoms with E-state index in [4.69, 9.17) is 14.2 Å². The first-order valence-corrected chi connectivity index (χ1v) is 23.8. The molecular formula is C53H88O5. The highest BCUT2D eigenvalue weighted by molar-refractivity contribution is 5.70. The van der Waals surface area contributed by atoms with Gasteiger partial charge in [-0.3, -0.25) is 9.59 Å². The Bertz CT molecular complexity index is 1140. The summed E-state index contributed by atoms with van der Waals surface area (Å²) in [4.78, 5) is 25.2. The van der Waals surface area contributed by atoms with Gasteiger partial charge in [-0.2, -0.15) is 0 Å². The SMILES string of the molecule is CC/C=C\C/C=C\C/C=C\C/C=C\CCCCCCCCCOCC(COC(=O)CC/C=C\C/C=C\C/C=C\C/C=C\CC)OC(=O)CCCCCCCCCCC. The molecule has 0 aromatic heterocycles. The van der Waals surface area contributed by atoms with Crippen LogP contribution in [0.2, 0.25) is 0 Å². The van der Waals surface area contributed by atoms with Crippen molar-refractivity contribution in [1.29, 1.82) is 0 Å². The van der Waals surface area contributed by atoms with Gasteiger partial charge in [0.15, 0.2) is 6.10 Å². The van der Waals surface area contributed by atoms with Crippen LogP contribution in [0.25, 0.3) is 0 Å². The van der Waals surface area contributed by atoms with Crippen molar-refractivity contribution in [2.75, 3.05) is 19.8 Å². The lowest BCUT2D eigenvalue weighted by molar-refractivity contribution is -0.162. The van der Waals surface area contributed by atoms with Crippen molar-refractivity contribution in [2.45, 2.75) is 207 Å². The minimum Gasteiger partial charge on any atom is -0.462 e. The molecule has 0 heterocycles. The summed E-state index contributed by atoms with van der Waals surface area (Å²) < 4.78 is 17.2. The summed E-state index contributed by atoms with van der Waals surface area (Å²) in [5, 5.41) is 0. The Morgan fingerprint density at radius 1 is 0.397 bits per heavy atom. The molecule has 0 N–H and O–H groups in total. The molecule has 0 radical (unpaired) electrons. The van der Waals surface area contributed by atoms with Gasteiger partial charge in [0.05, 0.1) is 6.61 Å². The summed E-state index contributed by atoms with van der Waals surface area (Å²) in [7, 11) is 0. The van der Waals surface area contributed by atoms with Crippen LogP contribution in [-0.2, 0) is 23.8 Å². The number of ether oxygens (including phenoxy) is 3. The first-order valence-electron chi connectivity index (χ1n) is 23.8. The summed E-state index contributed by atoms with van der Waals surface area (Å²) in [5.41, 5.74) is 0. The van der Waals surface area contributed by atoms with Crippen LogP contribution in [0, 0.1) is 0 Å². The Labute approximate surface area is 358 Å². The van der Waals surface area contributed by atoms with E-state index in [-0.39, 0.29) is 25.2 Å². The number of carbonyl (C=O) groups is 2. The minimum absolute atomic E-state index is 0.0391. The van der Waals surface area contributed by atoms with Gasteiger partial charge < -0.3 is 14.2 Å². The third-order valence-electron chi connectivity index (χ3n) is 9.63. The Morgan fingerprint density at radius 3 is 1.31 bits per heavy atom. The first kappa shape index (κ1) is 54.8. The Balaban J connectivity index is 4.30. The van der Waals surface area contributed by atoms with Gasteiger partial charge in [-0.25, -0.2) is 0 Å². The molecule has 0 aromatic rings. The van der Waals surface area contributed by atoms with E-state index in [2.05, 4.69) is 112 Å². The van der Waals surface area contributed by atoms with E-state index in [1.54, 1.807) is 0 Å². The zero-order valence-corrected chi connectivity index (χ0v) is 37.8. The van der Waals surface area contributed by atoms with Crippen molar-refractivity contribution >= 4 is 11.9 Å². The number of hydrogen-bond acceptors (Lipinski definition) is 5. The maximum absolute atomic E-state index is 12.7. The zero-order valence-electron chi connectivity index (χ0n) is 37.8. The van der Waals surface area contributed by atoms with Crippen LogP contribution < -0.4 is 0 Å². The summed E-state index contributed by atoms with van der Waals surface area (Å²) >= 11 is 0. The number of carbonyl (C=O) groups excluding carboxylic acids is 2. The average molecular weight is 805 g/mol. The van der Waals surface area contributed by atoms with Gasteiger partial charge in [0.25, 0.3) is 0 Å². The van der Waals surface area contributed by atoms with Crippen molar-refractivity contribution in [3.8, 4) is 0 Å². The molecular weight excluding hydrogens is 717 g/mol. The fourth-order valence-electron chi connectivity index (χ4n) is 6.16. The number of esters is 2. The summed E-state index contributed by atoms with van der Waals surface area (Å²) in [6.45, 7) is 7.47. The van der Waals surface area contributed by atoms with Crippen LogP contribution >= 0.6 is 0 Å². The molecule has 330 valence electrons. The van der Waals surface area contributed by atoms with E-state index in [1.165, 1.54) is 70.6 Å². The van der Waals surface area contributed by atoms with E-state index in [1.807, 2.05) is 6.08 Å². The molecule has 1 atom stereocenters. The second kappa shape index (κ2) is 48.2. The van der Waals surface area contributed by atoms with E-state index in [0.29, 0.717) is 25.9 Å². The van der Waals surface area contributed by atoms with Gasteiger partial charge in [-0.1, -0.05) is 201 Å². The smallest absolute Gasteiger partial charge is 0.306 e.